The van der Waals surface area contributed by atoms with E-state index in [1.807, 2.05) is 0 Å². The summed E-state index contributed by atoms with van der Waals surface area (Å²) in [7, 11) is 0. The third kappa shape index (κ3) is 10.1. The lowest BCUT2D eigenvalue weighted by Gasteiger charge is -2.03. The molecule has 0 aromatic rings. The van der Waals surface area contributed by atoms with E-state index in [1.165, 1.54) is 0 Å². The van der Waals surface area contributed by atoms with Gasteiger partial charge in [-0.25, -0.2) is 8.78 Å². The molecule has 68 valence electrons. The van der Waals surface area contributed by atoms with Crippen LogP contribution in [0.4, 0.5) is 8.78 Å². The minimum absolute atomic E-state index is 0.220. The molecule has 0 spiro atoms. The highest BCUT2D eigenvalue weighted by Gasteiger charge is 2.00. The fourth-order valence-corrected chi connectivity index (χ4v) is 0.586. The van der Waals surface area contributed by atoms with Crippen molar-refractivity contribution in [1.82, 2.24) is 0 Å². The Bertz CT molecular complexity index is 83.0. The van der Waals surface area contributed by atoms with Crippen molar-refractivity contribution in [3.63, 3.8) is 0 Å². The molecular weight excluding hydrogens is 174 g/mol. The molecule has 0 aliphatic heterocycles. The number of rotatable bonds is 7. The van der Waals surface area contributed by atoms with E-state index >= 15 is 0 Å². The van der Waals surface area contributed by atoms with E-state index in [0.717, 1.165) is 0 Å². The van der Waals surface area contributed by atoms with Gasteiger partial charge < -0.3 is 9.47 Å². The molecule has 0 saturated heterocycles. The van der Waals surface area contributed by atoms with Gasteiger partial charge in [-0.15, -0.1) is 0 Å². The van der Waals surface area contributed by atoms with Crippen LogP contribution in [-0.4, -0.2) is 38.6 Å². The number of halogens is 2. The van der Waals surface area contributed by atoms with Crippen molar-refractivity contribution in [3.05, 3.63) is 0 Å². The maximum Gasteiger partial charge on any atom is 0.261 e. The van der Waals surface area contributed by atoms with Gasteiger partial charge in [0.05, 0.1) is 19.8 Å². The van der Waals surface area contributed by atoms with Gasteiger partial charge in [-0.05, 0) is 0 Å². The second-order valence-electron chi connectivity index (χ2n) is 1.80. The van der Waals surface area contributed by atoms with Gasteiger partial charge in [-0.2, -0.15) is 12.6 Å². The van der Waals surface area contributed by atoms with E-state index in [4.69, 9.17) is 4.74 Å². The minimum atomic E-state index is -2.39. The fourth-order valence-electron chi connectivity index (χ4n) is 0.457. The lowest BCUT2D eigenvalue weighted by molar-refractivity contribution is -0.00697. The molecule has 0 fully saturated rings. The first-order chi connectivity index (χ1) is 5.27. The molecule has 11 heavy (non-hydrogen) atoms. The summed E-state index contributed by atoms with van der Waals surface area (Å²) in [5.41, 5.74) is 0. The summed E-state index contributed by atoms with van der Waals surface area (Å²) in [5.74, 6) is 0.634. The zero-order chi connectivity index (χ0) is 8.53. The van der Waals surface area contributed by atoms with Gasteiger partial charge in [0.25, 0.3) is 6.43 Å². The lowest BCUT2D eigenvalue weighted by atomic mass is 10.7. The van der Waals surface area contributed by atoms with Gasteiger partial charge in [-0.3, -0.25) is 0 Å². The summed E-state index contributed by atoms with van der Waals surface area (Å²) in [6.07, 6.45) is -2.39. The van der Waals surface area contributed by atoms with Crippen molar-refractivity contribution in [3.8, 4) is 0 Å². The summed E-state index contributed by atoms with van der Waals surface area (Å²) < 4.78 is 32.3. The van der Waals surface area contributed by atoms with Gasteiger partial charge in [-0.1, -0.05) is 0 Å². The molecule has 0 aromatic heterocycles. The standard InChI is InChI=1S/C6H12F2O2S/c7-6(8)5-10-2-1-9-3-4-11/h6,11H,1-5H2. The van der Waals surface area contributed by atoms with Gasteiger partial charge in [0.15, 0.2) is 0 Å². The molecule has 0 aromatic carbocycles. The number of hydrogen-bond donors (Lipinski definition) is 1. The third-order valence-electron chi connectivity index (χ3n) is 0.851. The Kier molecular flexibility index (Phi) is 8.33. The SMILES string of the molecule is FC(F)COCCOCCS. The molecule has 2 nitrogen and oxygen atoms in total. The second kappa shape index (κ2) is 8.23. The Balaban J connectivity index is 2.80. The quantitative estimate of drug-likeness (QED) is 0.476. The Morgan fingerprint density at radius 2 is 1.73 bits per heavy atom. The van der Waals surface area contributed by atoms with E-state index in [9.17, 15) is 8.78 Å². The van der Waals surface area contributed by atoms with Crippen LogP contribution < -0.4 is 0 Å². The number of thiol groups is 1. The molecule has 0 aliphatic rings. The molecule has 0 atom stereocenters. The van der Waals surface area contributed by atoms with Gasteiger partial charge >= 0.3 is 0 Å². The van der Waals surface area contributed by atoms with E-state index in [1.54, 1.807) is 0 Å². The smallest absolute Gasteiger partial charge is 0.261 e. The Morgan fingerprint density at radius 3 is 2.27 bits per heavy atom. The van der Waals surface area contributed by atoms with Crippen LogP contribution in [0.3, 0.4) is 0 Å². The Labute approximate surface area is 70.3 Å². The maximum atomic E-state index is 11.4. The van der Waals surface area contributed by atoms with Crippen molar-refractivity contribution >= 4 is 12.6 Å². The molecule has 0 N–H and O–H groups in total. The van der Waals surface area contributed by atoms with Gasteiger partial charge in [0.2, 0.25) is 0 Å². The summed E-state index contributed by atoms with van der Waals surface area (Å²) in [6.45, 7) is 0.594. The van der Waals surface area contributed by atoms with E-state index in [2.05, 4.69) is 17.4 Å². The van der Waals surface area contributed by atoms with Crippen molar-refractivity contribution in [2.75, 3.05) is 32.2 Å². The first kappa shape index (κ1) is 11.1. The monoisotopic (exact) mass is 186 g/mol. The predicted molar refractivity (Wildman–Crippen MR) is 41.5 cm³/mol. The molecule has 0 saturated carbocycles. The largest absolute Gasteiger partial charge is 0.378 e. The van der Waals surface area contributed by atoms with Crippen molar-refractivity contribution in [1.29, 1.82) is 0 Å². The Hall–Kier alpha value is 0.130. The summed E-state index contributed by atoms with van der Waals surface area (Å²) in [5, 5.41) is 0. The summed E-state index contributed by atoms with van der Waals surface area (Å²) in [4.78, 5) is 0. The summed E-state index contributed by atoms with van der Waals surface area (Å²) >= 11 is 3.89. The maximum absolute atomic E-state index is 11.4. The number of alkyl halides is 2. The Morgan fingerprint density at radius 1 is 1.09 bits per heavy atom. The predicted octanol–water partition coefficient (Wildman–Crippen LogP) is 1.21. The van der Waals surface area contributed by atoms with Crippen LogP contribution in [-0.2, 0) is 9.47 Å². The van der Waals surface area contributed by atoms with E-state index in [-0.39, 0.29) is 6.61 Å². The zero-order valence-electron chi connectivity index (χ0n) is 6.13. The lowest BCUT2D eigenvalue weighted by Crippen LogP contribution is -2.10. The molecule has 0 bridgehead atoms. The average Bonchev–Trinajstić information content (AvgIpc) is 1.96. The van der Waals surface area contributed by atoms with Crippen molar-refractivity contribution in [2.45, 2.75) is 6.43 Å². The highest BCUT2D eigenvalue weighted by atomic mass is 32.1. The zero-order valence-corrected chi connectivity index (χ0v) is 7.03. The first-order valence-electron chi connectivity index (χ1n) is 3.32. The molecular formula is C6H12F2O2S. The van der Waals surface area contributed by atoms with Crippen LogP contribution in [0.5, 0.6) is 0 Å². The molecule has 0 heterocycles. The fraction of sp³-hybridized carbons (Fsp3) is 1.00. The topological polar surface area (TPSA) is 18.5 Å². The summed E-state index contributed by atoms with van der Waals surface area (Å²) in [6, 6.07) is 0. The molecule has 0 aliphatic carbocycles. The van der Waals surface area contributed by atoms with Gasteiger partial charge in [0.1, 0.15) is 6.61 Å². The number of ether oxygens (including phenoxy) is 2. The second-order valence-corrected chi connectivity index (χ2v) is 2.25. The molecule has 0 unspecified atom stereocenters. The first-order valence-corrected chi connectivity index (χ1v) is 3.95. The van der Waals surface area contributed by atoms with Crippen LogP contribution in [0, 0.1) is 0 Å². The van der Waals surface area contributed by atoms with E-state index < -0.39 is 13.0 Å². The van der Waals surface area contributed by atoms with Crippen LogP contribution in [0.25, 0.3) is 0 Å². The van der Waals surface area contributed by atoms with Crippen LogP contribution in [0.1, 0.15) is 0 Å². The van der Waals surface area contributed by atoms with Gasteiger partial charge in [0, 0.05) is 5.75 Å². The van der Waals surface area contributed by atoms with Crippen LogP contribution in [0.15, 0.2) is 0 Å². The molecule has 5 heteroatoms. The van der Waals surface area contributed by atoms with Crippen molar-refractivity contribution in [2.24, 2.45) is 0 Å². The average molecular weight is 186 g/mol. The van der Waals surface area contributed by atoms with Crippen molar-refractivity contribution < 1.29 is 18.3 Å². The van der Waals surface area contributed by atoms with E-state index in [0.29, 0.717) is 19.0 Å². The molecule has 0 amide bonds. The number of hydrogen-bond acceptors (Lipinski definition) is 3. The molecule has 0 rings (SSSR count). The van der Waals surface area contributed by atoms with Crippen LogP contribution >= 0.6 is 12.6 Å². The highest BCUT2D eigenvalue weighted by Crippen LogP contribution is 1.91. The molecule has 0 radical (unpaired) electrons. The van der Waals surface area contributed by atoms with Crippen LogP contribution in [0.2, 0.25) is 0 Å². The third-order valence-corrected chi connectivity index (χ3v) is 1.03. The highest BCUT2D eigenvalue weighted by molar-refractivity contribution is 7.80. The minimum Gasteiger partial charge on any atom is -0.378 e. The normalized spacial score (nSPS) is 10.9.